The number of nitrogens with zero attached hydrogens (tertiary/aromatic N) is 1. The second-order valence-electron chi connectivity index (χ2n) is 9.22. The maximum Gasteiger partial charge on any atom is 0.261 e. The fraction of sp³-hybridized carbons (Fsp3) is 0.609. The van der Waals surface area contributed by atoms with Crippen molar-refractivity contribution >= 4 is 27.3 Å². The number of amides is 1. The summed E-state index contributed by atoms with van der Waals surface area (Å²) in [7, 11) is 0. The number of fused-ring (bicyclic) bond motifs is 4. The van der Waals surface area contributed by atoms with Crippen LogP contribution in [0.1, 0.15) is 60.7 Å². The van der Waals surface area contributed by atoms with Gasteiger partial charge in [0.2, 0.25) is 0 Å². The third kappa shape index (κ3) is 3.17. The summed E-state index contributed by atoms with van der Waals surface area (Å²) in [4.78, 5) is 16.5. The van der Waals surface area contributed by atoms with Gasteiger partial charge in [-0.1, -0.05) is 12.1 Å². The highest BCUT2D eigenvalue weighted by molar-refractivity contribution is 7.20. The van der Waals surface area contributed by atoms with Crippen molar-refractivity contribution in [2.24, 2.45) is 5.92 Å². The number of nitrogens with one attached hydrogen (secondary N) is 1. The Labute approximate surface area is 171 Å². The van der Waals surface area contributed by atoms with Gasteiger partial charge in [0.05, 0.1) is 4.88 Å². The van der Waals surface area contributed by atoms with Crippen molar-refractivity contribution in [3.05, 3.63) is 34.7 Å². The Hall–Kier alpha value is -1.43. The average Bonchev–Trinajstić information content (AvgIpc) is 3.15. The van der Waals surface area contributed by atoms with Crippen molar-refractivity contribution in [1.82, 2.24) is 10.2 Å². The number of thiophene rings is 1. The number of ether oxygens (including phenoxy) is 1. The second-order valence-corrected chi connectivity index (χ2v) is 10.3. The SMILES string of the molecule is CC1(C)C(NC(=O)c2cc3ccc(C4CCOCC4)cc3s2)C2CCN1CC2. The fourth-order valence-electron chi connectivity index (χ4n) is 5.53. The van der Waals surface area contributed by atoms with Gasteiger partial charge in [-0.2, -0.15) is 0 Å². The molecule has 4 aliphatic heterocycles. The van der Waals surface area contributed by atoms with Gasteiger partial charge in [-0.15, -0.1) is 11.3 Å². The predicted molar refractivity (Wildman–Crippen MR) is 114 cm³/mol. The van der Waals surface area contributed by atoms with Gasteiger partial charge in [-0.3, -0.25) is 9.69 Å². The monoisotopic (exact) mass is 398 g/mol. The van der Waals surface area contributed by atoms with E-state index in [9.17, 15) is 4.79 Å². The molecule has 4 nitrogen and oxygen atoms in total. The van der Waals surface area contributed by atoms with Crippen LogP contribution in [-0.4, -0.2) is 48.7 Å². The van der Waals surface area contributed by atoms with Crippen molar-refractivity contribution in [2.75, 3.05) is 26.3 Å². The van der Waals surface area contributed by atoms with Crippen LogP contribution < -0.4 is 5.32 Å². The molecular weight excluding hydrogens is 368 g/mol. The maximum absolute atomic E-state index is 13.1. The molecule has 2 aromatic rings. The van der Waals surface area contributed by atoms with Crippen LogP contribution in [0.4, 0.5) is 0 Å². The lowest BCUT2D eigenvalue weighted by Crippen LogP contribution is -2.69. The lowest BCUT2D eigenvalue weighted by atomic mass is 9.72. The zero-order valence-corrected chi connectivity index (χ0v) is 17.7. The number of carbonyl (C=O) groups excluding carboxylic acids is 1. The quantitative estimate of drug-likeness (QED) is 0.833. The predicted octanol–water partition coefficient (Wildman–Crippen LogP) is 4.40. The van der Waals surface area contributed by atoms with E-state index in [2.05, 4.69) is 48.3 Å². The summed E-state index contributed by atoms with van der Waals surface area (Å²) in [6.07, 6.45) is 4.60. The minimum Gasteiger partial charge on any atom is -0.381 e. The van der Waals surface area contributed by atoms with Crippen LogP contribution in [0.3, 0.4) is 0 Å². The molecule has 6 rings (SSSR count). The van der Waals surface area contributed by atoms with Crippen molar-refractivity contribution < 1.29 is 9.53 Å². The summed E-state index contributed by atoms with van der Waals surface area (Å²) in [5, 5.41) is 4.59. The summed E-state index contributed by atoms with van der Waals surface area (Å²) < 4.78 is 6.72. The Morgan fingerprint density at radius 1 is 1.14 bits per heavy atom. The highest BCUT2D eigenvalue weighted by atomic mass is 32.1. The molecule has 150 valence electrons. The Kier molecular flexibility index (Phi) is 4.73. The van der Waals surface area contributed by atoms with E-state index >= 15 is 0 Å². The first-order valence-electron chi connectivity index (χ1n) is 10.7. The van der Waals surface area contributed by atoms with Crippen LogP contribution in [0, 0.1) is 5.92 Å². The second kappa shape index (κ2) is 7.12. The van der Waals surface area contributed by atoms with Gasteiger partial charge in [-0.25, -0.2) is 0 Å². The largest absolute Gasteiger partial charge is 0.381 e. The van der Waals surface area contributed by atoms with Crippen LogP contribution in [0.2, 0.25) is 0 Å². The normalized spacial score (nSPS) is 29.9. The first-order valence-corrected chi connectivity index (χ1v) is 11.5. The van der Waals surface area contributed by atoms with E-state index in [1.807, 2.05) is 0 Å². The highest BCUT2D eigenvalue weighted by Gasteiger charge is 2.48. The number of hydrogen-bond donors (Lipinski definition) is 1. The molecule has 4 saturated heterocycles. The molecule has 0 aliphatic carbocycles. The van der Waals surface area contributed by atoms with Crippen LogP contribution >= 0.6 is 11.3 Å². The van der Waals surface area contributed by atoms with E-state index in [-0.39, 0.29) is 17.5 Å². The first kappa shape index (κ1) is 18.6. The molecule has 1 atom stereocenters. The standard InChI is InChI=1S/C23H30N2O2S/c1-23(2)21(16-5-9-25(23)10-6-16)24-22(26)20-14-18-4-3-17(13-19(18)28-20)15-7-11-27-12-8-15/h3-4,13-16,21H,5-12H2,1-2H3,(H,24,26). The fourth-order valence-corrected chi connectivity index (χ4v) is 6.55. The smallest absolute Gasteiger partial charge is 0.261 e. The van der Waals surface area contributed by atoms with E-state index in [0.717, 1.165) is 30.9 Å². The van der Waals surface area contributed by atoms with E-state index in [4.69, 9.17) is 4.74 Å². The number of piperidine rings is 3. The highest BCUT2D eigenvalue weighted by Crippen LogP contribution is 2.39. The van der Waals surface area contributed by atoms with Crippen LogP contribution in [0.25, 0.3) is 10.1 Å². The van der Waals surface area contributed by atoms with Gasteiger partial charge in [-0.05, 0) is 87.5 Å². The minimum absolute atomic E-state index is 0.0454. The third-order valence-electron chi connectivity index (χ3n) is 7.33. The van der Waals surface area contributed by atoms with E-state index < -0.39 is 0 Å². The van der Waals surface area contributed by atoms with E-state index in [1.54, 1.807) is 11.3 Å². The Balaban J connectivity index is 1.36. The molecular formula is C23H30N2O2S. The van der Waals surface area contributed by atoms with Crippen LogP contribution in [0.5, 0.6) is 0 Å². The van der Waals surface area contributed by atoms with Gasteiger partial charge in [0.15, 0.2) is 0 Å². The van der Waals surface area contributed by atoms with Crippen molar-refractivity contribution in [1.29, 1.82) is 0 Å². The molecule has 1 aromatic carbocycles. The molecule has 1 amide bonds. The van der Waals surface area contributed by atoms with Crippen molar-refractivity contribution in [3.8, 4) is 0 Å². The summed E-state index contributed by atoms with van der Waals surface area (Å²) in [5.41, 5.74) is 1.44. The lowest BCUT2D eigenvalue weighted by molar-refractivity contribution is -0.0377. The van der Waals surface area contributed by atoms with Gasteiger partial charge >= 0.3 is 0 Å². The van der Waals surface area contributed by atoms with Crippen LogP contribution in [-0.2, 0) is 4.74 Å². The lowest BCUT2D eigenvalue weighted by Gasteiger charge is -2.56. The summed E-state index contributed by atoms with van der Waals surface area (Å²) >= 11 is 1.64. The van der Waals surface area contributed by atoms with E-state index in [0.29, 0.717) is 11.8 Å². The average molecular weight is 399 g/mol. The Morgan fingerprint density at radius 3 is 2.61 bits per heavy atom. The van der Waals surface area contributed by atoms with Crippen LogP contribution in [0.15, 0.2) is 24.3 Å². The first-order chi connectivity index (χ1) is 13.5. The number of hydrogen-bond acceptors (Lipinski definition) is 4. The van der Waals surface area contributed by atoms with Gasteiger partial charge < -0.3 is 10.1 Å². The summed E-state index contributed by atoms with van der Waals surface area (Å²) in [6.45, 7) is 8.62. The molecule has 28 heavy (non-hydrogen) atoms. The maximum atomic E-state index is 13.1. The molecule has 1 aromatic heterocycles. The molecule has 0 radical (unpaired) electrons. The van der Waals surface area contributed by atoms with Crippen molar-refractivity contribution in [3.63, 3.8) is 0 Å². The summed E-state index contributed by atoms with van der Waals surface area (Å²) in [6, 6.07) is 9.03. The molecule has 4 aliphatic rings. The molecule has 0 spiro atoms. The third-order valence-corrected chi connectivity index (χ3v) is 8.43. The Morgan fingerprint density at radius 2 is 1.89 bits per heavy atom. The minimum atomic E-state index is 0.0454. The molecule has 4 fully saturated rings. The molecule has 0 saturated carbocycles. The molecule has 1 unspecified atom stereocenters. The van der Waals surface area contributed by atoms with Gasteiger partial charge in [0.25, 0.3) is 5.91 Å². The number of rotatable bonds is 3. The zero-order chi connectivity index (χ0) is 19.3. The molecule has 5 heterocycles. The number of benzene rings is 1. The number of carbonyl (C=O) groups is 1. The summed E-state index contributed by atoms with van der Waals surface area (Å²) in [5.74, 6) is 1.30. The zero-order valence-electron chi connectivity index (χ0n) is 16.9. The topological polar surface area (TPSA) is 41.6 Å². The van der Waals surface area contributed by atoms with Crippen molar-refractivity contribution in [2.45, 2.75) is 57.0 Å². The molecule has 1 N–H and O–H groups in total. The van der Waals surface area contributed by atoms with E-state index in [1.165, 1.54) is 41.6 Å². The molecule has 2 bridgehead atoms. The molecule has 5 heteroatoms. The Bertz CT molecular complexity index is 876. The van der Waals surface area contributed by atoms with Gasteiger partial charge in [0, 0.05) is 29.5 Å². The van der Waals surface area contributed by atoms with Gasteiger partial charge in [0.1, 0.15) is 0 Å².